The summed E-state index contributed by atoms with van der Waals surface area (Å²) in [7, 11) is 0. The molecule has 3 nitrogen and oxygen atoms in total. The van der Waals surface area contributed by atoms with E-state index in [1.54, 1.807) is 6.92 Å². The van der Waals surface area contributed by atoms with Crippen LogP contribution in [0.2, 0.25) is 0 Å². The fourth-order valence-electron chi connectivity index (χ4n) is 2.76. The highest BCUT2D eigenvalue weighted by Crippen LogP contribution is 2.47. The Morgan fingerprint density at radius 1 is 1.36 bits per heavy atom. The first kappa shape index (κ1) is 11.5. The van der Waals surface area contributed by atoms with Crippen molar-refractivity contribution >= 4 is 5.97 Å². The smallest absolute Gasteiger partial charge is 0.303 e. The molecule has 0 bridgehead atoms. The van der Waals surface area contributed by atoms with Crippen LogP contribution in [0, 0.1) is 11.3 Å². The van der Waals surface area contributed by atoms with Crippen LogP contribution in [0.25, 0.3) is 0 Å². The summed E-state index contributed by atoms with van der Waals surface area (Å²) in [6.07, 6.45) is 2.77. The van der Waals surface area contributed by atoms with Crippen molar-refractivity contribution in [1.82, 2.24) is 0 Å². The number of hydrogen-bond acceptors (Lipinski definition) is 2. The zero-order valence-electron chi connectivity index (χ0n) is 9.21. The number of aliphatic hydroxyl groups is 1. The molecule has 14 heavy (non-hydrogen) atoms. The van der Waals surface area contributed by atoms with Gasteiger partial charge in [-0.15, -0.1) is 0 Å². The van der Waals surface area contributed by atoms with E-state index in [4.69, 9.17) is 5.11 Å². The summed E-state index contributed by atoms with van der Waals surface area (Å²) in [5.41, 5.74) is -0.889. The predicted molar refractivity (Wildman–Crippen MR) is 54.0 cm³/mol. The normalized spacial score (nSPS) is 36.7. The summed E-state index contributed by atoms with van der Waals surface area (Å²) < 4.78 is 0. The topological polar surface area (TPSA) is 57.5 Å². The SMILES string of the molecule is CC1(C)CCCC(C)(O)C1CC(=O)O. The van der Waals surface area contributed by atoms with E-state index >= 15 is 0 Å². The molecule has 3 heteroatoms. The molecule has 1 aliphatic rings. The van der Waals surface area contributed by atoms with E-state index in [2.05, 4.69) is 0 Å². The van der Waals surface area contributed by atoms with Gasteiger partial charge in [-0.2, -0.15) is 0 Å². The van der Waals surface area contributed by atoms with E-state index in [1.165, 1.54) is 0 Å². The van der Waals surface area contributed by atoms with Crippen LogP contribution in [0.3, 0.4) is 0 Å². The number of aliphatic carboxylic acids is 1. The van der Waals surface area contributed by atoms with Gasteiger partial charge in [0.05, 0.1) is 12.0 Å². The second kappa shape index (κ2) is 3.54. The lowest BCUT2D eigenvalue weighted by Crippen LogP contribution is -2.47. The Morgan fingerprint density at radius 2 is 1.93 bits per heavy atom. The second-order valence-electron chi connectivity index (χ2n) is 5.35. The highest BCUT2D eigenvalue weighted by molar-refractivity contribution is 5.67. The Kier molecular flexibility index (Phi) is 2.91. The fraction of sp³-hybridized carbons (Fsp3) is 0.909. The monoisotopic (exact) mass is 200 g/mol. The molecule has 2 atom stereocenters. The molecule has 1 fully saturated rings. The lowest BCUT2D eigenvalue weighted by Gasteiger charge is -2.47. The molecule has 0 aliphatic heterocycles. The van der Waals surface area contributed by atoms with E-state index in [-0.39, 0.29) is 17.8 Å². The van der Waals surface area contributed by atoms with Crippen molar-refractivity contribution in [2.75, 3.05) is 0 Å². The Hall–Kier alpha value is -0.570. The summed E-state index contributed by atoms with van der Waals surface area (Å²) in [4.78, 5) is 10.7. The van der Waals surface area contributed by atoms with Crippen LogP contribution in [-0.4, -0.2) is 21.8 Å². The van der Waals surface area contributed by atoms with Gasteiger partial charge in [0.25, 0.3) is 0 Å². The third-order valence-corrected chi connectivity index (χ3v) is 3.58. The Bertz CT molecular complexity index is 215. The van der Waals surface area contributed by atoms with Gasteiger partial charge in [0.1, 0.15) is 0 Å². The fourth-order valence-corrected chi connectivity index (χ4v) is 2.76. The van der Waals surface area contributed by atoms with Crippen molar-refractivity contribution in [1.29, 1.82) is 0 Å². The Balaban J connectivity index is 2.85. The zero-order chi connectivity index (χ0) is 11.0. The van der Waals surface area contributed by atoms with E-state index in [0.717, 1.165) is 12.8 Å². The van der Waals surface area contributed by atoms with Crippen molar-refractivity contribution in [2.45, 2.75) is 52.1 Å². The van der Waals surface area contributed by atoms with Crippen LogP contribution in [0.5, 0.6) is 0 Å². The van der Waals surface area contributed by atoms with Gasteiger partial charge in [0.15, 0.2) is 0 Å². The van der Waals surface area contributed by atoms with Gasteiger partial charge in [-0.05, 0) is 25.2 Å². The van der Waals surface area contributed by atoms with Gasteiger partial charge in [-0.3, -0.25) is 4.79 Å². The lowest BCUT2D eigenvalue weighted by atomic mass is 9.61. The quantitative estimate of drug-likeness (QED) is 0.717. The molecule has 0 radical (unpaired) electrons. The Morgan fingerprint density at radius 3 is 2.36 bits per heavy atom. The lowest BCUT2D eigenvalue weighted by molar-refractivity contribution is -0.148. The largest absolute Gasteiger partial charge is 0.481 e. The second-order valence-corrected chi connectivity index (χ2v) is 5.35. The van der Waals surface area contributed by atoms with Crippen LogP contribution >= 0.6 is 0 Å². The van der Waals surface area contributed by atoms with Gasteiger partial charge in [-0.1, -0.05) is 20.3 Å². The Labute approximate surface area is 85.1 Å². The molecular formula is C11H20O3. The minimum absolute atomic E-state index is 0.0693. The summed E-state index contributed by atoms with van der Waals surface area (Å²) >= 11 is 0. The molecule has 2 unspecified atom stereocenters. The third-order valence-electron chi connectivity index (χ3n) is 3.58. The summed E-state index contributed by atoms with van der Waals surface area (Å²) in [5, 5.41) is 19.0. The predicted octanol–water partition coefficient (Wildman–Crippen LogP) is 2.04. The molecular weight excluding hydrogens is 180 g/mol. The number of hydrogen-bond donors (Lipinski definition) is 2. The molecule has 1 aliphatic carbocycles. The number of carboxylic acid groups (broad SMARTS) is 1. The van der Waals surface area contributed by atoms with Crippen LogP contribution in [0.15, 0.2) is 0 Å². The summed E-state index contributed by atoms with van der Waals surface area (Å²) in [6.45, 7) is 5.87. The van der Waals surface area contributed by atoms with Gasteiger partial charge in [-0.25, -0.2) is 0 Å². The zero-order valence-corrected chi connectivity index (χ0v) is 9.21. The summed E-state index contributed by atoms with van der Waals surface area (Å²) in [5.74, 6) is -0.952. The highest BCUT2D eigenvalue weighted by Gasteiger charge is 2.46. The van der Waals surface area contributed by atoms with E-state index in [0.29, 0.717) is 6.42 Å². The van der Waals surface area contributed by atoms with Crippen molar-refractivity contribution in [2.24, 2.45) is 11.3 Å². The summed E-state index contributed by atoms with van der Waals surface area (Å²) in [6, 6.07) is 0. The average Bonchev–Trinajstić information content (AvgIpc) is 1.96. The maximum absolute atomic E-state index is 10.7. The van der Waals surface area contributed by atoms with E-state index < -0.39 is 11.6 Å². The minimum atomic E-state index is -0.819. The maximum Gasteiger partial charge on any atom is 0.303 e. The third kappa shape index (κ3) is 2.27. The molecule has 2 N–H and O–H groups in total. The molecule has 0 saturated heterocycles. The van der Waals surface area contributed by atoms with Gasteiger partial charge >= 0.3 is 5.97 Å². The van der Waals surface area contributed by atoms with Crippen LogP contribution in [-0.2, 0) is 4.79 Å². The van der Waals surface area contributed by atoms with Crippen LogP contribution in [0.4, 0.5) is 0 Å². The van der Waals surface area contributed by atoms with Gasteiger partial charge in [0.2, 0.25) is 0 Å². The molecule has 0 heterocycles. The highest BCUT2D eigenvalue weighted by atomic mass is 16.4. The van der Waals surface area contributed by atoms with E-state index in [1.807, 2.05) is 13.8 Å². The van der Waals surface area contributed by atoms with Crippen molar-refractivity contribution < 1.29 is 15.0 Å². The average molecular weight is 200 g/mol. The van der Waals surface area contributed by atoms with Gasteiger partial charge < -0.3 is 10.2 Å². The number of rotatable bonds is 2. The first-order valence-electron chi connectivity index (χ1n) is 5.20. The van der Waals surface area contributed by atoms with Crippen molar-refractivity contribution in [3.8, 4) is 0 Å². The molecule has 0 aromatic heterocycles. The van der Waals surface area contributed by atoms with Crippen molar-refractivity contribution in [3.63, 3.8) is 0 Å². The van der Waals surface area contributed by atoms with Crippen LogP contribution in [0.1, 0.15) is 46.5 Å². The number of carbonyl (C=O) groups is 1. The molecule has 0 amide bonds. The molecule has 0 aromatic rings. The molecule has 1 saturated carbocycles. The standard InChI is InChI=1S/C11H20O3/c1-10(2)5-4-6-11(3,14)8(10)7-9(12)13/h8,14H,4-7H2,1-3H3,(H,12,13). The van der Waals surface area contributed by atoms with Crippen LogP contribution < -0.4 is 0 Å². The first-order chi connectivity index (χ1) is 6.26. The van der Waals surface area contributed by atoms with Gasteiger partial charge in [0, 0.05) is 5.92 Å². The molecule has 0 aromatic carbocycles. The molecule has 0 spiro atoms. The first-order valence-corrected chi connectivity index (χ1v) is 5.20. The van der Waals surface area contributed by atoms with E-state index in [9.17, 15) is 9.90 Å². The van der Waals surface area contributed by atoms with Crippen molar-refractivity contribution in [3.05, 3.63) is 0 Å². The minimum Gasteiger partial charge on any atom is -0.481 e. The molecule has 82 valence electrons. The molecule has 1 rings (SSSR count). The maximum atomic E-state index is 10.7. The number of carboxylic acids is 1.